The minimum Gasteiger partial charge on any atom is -0.370 e. The minimum atomic E-state index is 0.699. The summed E-state index contributed by atoms with van der Waals surface area (Å²) in [4.78, 5) is 0. The van der Waals surface area contributed by atoms with E-state index in [9.17, 15) is 0 Å². The fourth-order valence-electron chi connectivity index (χ4n) is 2.16. The molecule has 1 saturated heterocycles. The van der Waals surface area contributed by atoms with Crippen LogP contribution >= 0.6 is 0 Å². The highest BCUT2D eigenvalue weighted by Crippen LogP contribution is 2.40. The summed E-state index contributed by atoms with van der Waals surface area (Å²) in [6.45, 7) is 0. The maximum absolute atomic E-state index is 5.47. The molecule has 0 aromatic heterocycles. The van der Waals surface area contributed by atoms with E-state index in [1.807, 2.05) is 0 Å². The van der Waals surface area contributed by atoms with Crippen LogP contribution in [0.15, 0.2) is 0 Å². The summed E-state index contributed by atoms with van der Waals surface area (Å²) in [6, 6.07) is 1.49. The Kier molecular flexibility index (Phi) is 1.83. The van der Waals surface area contributed by atoms with E-state index in [-0.39, 0.29) is 0 Å². The number of ether oxygens (including phenoxy) is 1. The molecule has 1 aliphatic heterocycles. The summed E-state index contributed by atoms with van der Waals surface area (Å²) in [5.41, 5.74) is 0. The Morgan fingerprint density at radius 1 is 1.30 bits per heavy atom. The molecule has 58 valence electrons. The van der Waals surface area contributed by atoms with Crippen molar-refractivity contribution in [1.29, 1.82) is 0 Å². The van der Waals surface area contributed by atoms with E-state index in [2.05, 4.69) is 0 Å². The highest BCUT2D eigenvalue weighted by molar-refractivity contribution is 6.08. The zero-order chi connectivity index (χ0) is 6.97. The molecule has 3 unspecified atom stereocenters. The van der Waals surface area contributed by atoms with Crippen LogP contribution in [-0.4, -0.2) is 22.5 Å². The van der Waals surface area contributed by atoms with Crippen LogP contribution in [0.1, 0.15) is 25.7 Å². The molecular formula is C8H16OSi. The molecule has 0 aromatic carbocycles. The molecule has 0 amide bonds. The predicted octanol–water partition coefficient (Wildman–Crippen LogP) is 0.728. The molecule has 0 aromatic rings. The molecule has 0 bridgehead atoms. The van der Waals surface area contributed by atoms with Crippen LogP contribution in [-0.2, 0) is 4.74 Å². The molecule has 1 aliphatic carbocycles. The fraction of sp³-hybridized carbons (Fsp3) is 1.00. The summed E-state index contributed by atoms with van der Waals surface area (Å²) in [5, 5.41) is 0. The van der Waals surface area contributed by atoms with Crippen molar-refractivity contribution >= 4 is 10.2 Å². The molecule has 2 heteroatoms. The van der Waals surface area contributed by atoms with Gasteiger partial charge in [-0.3, -0.25) is 0 Å². The van der Waals surface area contributed by atoms with Gasteiger partial charge >= 0.3 is 0 Å². The quantitative estimate of drug-likeness (QED) is 0.424. The van der Waals surface area contributed by atoms with Gasteiger partial charge < -0.3 is 4.74 Å². The van der Waals surface area contributed by atoms with Gasteiger partial charge in [-0.15, -0.1) is 0 Å². The Morgan fingerprint density at radius 3 is 2.90 bits per heavy atom. The zero-order valence-electron chi connectivity index (χ0n) is 6.68. The number of rotatable bonds is 2. The van der Waals surface area contributed by atoms with Gasteiger partial charge in [0.2, 0.25) is 0 Å². The zero-order valence-corrected chi connectivity index (χ0v) is 8.68. The first-order valence-electron chi connectivity index (χ1n) is 4.55. The van der Waals surface area contributed by atoms with Gasteiger partial charge in [0.05, 0.1) is 12.2 Å². The second-order valence-electron chi connectivity index (χ2n) is 3.68. The van der Waals surface area contributed by atoms with Crippen molar-refractivity contribution in [3.63, 3.8) is 0 Å². The van der Waals surface area contributed by atoms with Crippen molar-refractivity contribution < 1.29 is 4.74 Å². The lowest BCUT2D eigenvalue weighted by Gasteiger charge is -2.17. The van der Waals surface area contributed by atoms with E-state index in [0.717, 1.165) is 5.92 Å². The summed E-state index contributed by atoms with van der Waals surface area (Å²) in [6.07, 6.45) is 7.07. The molecule has 0 spiro atoms. The monoisotopic (exact) mass is 156 g/mol. The van der Waals surface area contributed by atoms with Gasteiger partial charge in [0.15, 0.2) is 0 Å². The normalized spacial score (nSPS) is 45.0. The SMILES string of the molecule is [SiH3]CCC1CCC2OC2C1. The molecular weight excluding hydrogens is 140 g/mol. The van der Waals surface area contributed by atoms with Crippen LogP contribution < -0.4 is 0 Å². The average Bonchev–Trinajstić information content (AvgIpc) is 2.66. The Bertz CT molecular complexity index is 126. The first-order valence-corrected chi connectivity index (χ1v) is 5.97. The van der Waals surface area contributed by atoms with E-state index >= 15 is 0 Å². The number of epoxide rings is 1. The van der Waals surface area contributed by atoms with Gasteiger partial charge in [-0.25, -0.2) is 0 Å². The minimum absolute atomic E-state index is 0.699. The molecule has 1 nitrogen and oxygen atoms in total. The summed E-state index contributed by atoms with van der Waals surface area (Å²) >= 11 is 0. The van der Waals surface area contributed by atoms with Crippen LogP contribution in [0.25, 0.3) is 0 Å². The molecule has 2 rings (SSSR count). The predicted molar refractivity (Wildman–Crippen MR) is 45.4 cm³/mol. The lowest BCUT2D eigenvalue weighted by atomic mass is 9.88. The van der Waals surface area contributed by atoms with Crippen LogP contribution in [0, 0.1) is 5.92 Å². The molecule has 2 aliphatic rings. The topological polar surface area (TPSA) is 12.5 Å². The van der Waals surface area contributed by atoms with Gasteiger partial charge in [-0.1, -0.05) is 12.5 Å². The molecule has 2 fully saturated rings. The maximum atomic E-state index is 5.47. The van der Waals surface area contributed by atoms with Gasteiger partial charge in [0.1, 0.15) is 0 Å². The van der Waals surface area contributed by atoms with Crippen molar-refractivity contribution in [2.75, 3.05) is 0 Å². The highest BCUT2D eigenvalue weighted by atomic mass is 28.1. The fourth-order valence-corrected chi connectivity index (χ4v) is 2.97. The van der Waals surface area contributed by atoms with E-state index in [4.69, 9.17) is 4.74 Å². The third kappa shape index (κ3) is 1.27. The Labute approximate surface area is 65.6 Å². The van der Waals surface area contributed by atoms with Crippen LogP contribution in [0.4, 0.5) is 0 Å². The molecule has 3 atom stereocenters. The second-order valence-corrected chi connectivity index (χ2v) is 4.68. The summed E-state index contributed by atoms with van der Waals surface area (Å²) < 4.78 is 5.47. The Hall–Kier alpha value is 0.177. The molecule has 10 heavy (non-hydrogen) atoms. The van der Waals surface area contributed by atoms with E-state index in [0.29, 0.717) is 12.2 Å². The van der Waals surface area contributed by atoms with Gasteiger partial charge in [0.25, 0.3) is 0 Å². The van der Waals surface area contributed by atoms with Crippen molar-refractivity contribution in [2.45, 2.75) is 43.9 Å². The van der Waals surface area contributed by atoms with Crippen LogP contribution in [0.3, 0.4) is 0 Å². The second kappa shape index (κ2) is 2.66. The molecule has 0 radical (unpaired) electrons. The van der Waals surface area contributed by atoms with Crippen LogP contribution in [0.2, 0.25) is 6.04 Å². The largest absolute Gasteiger partial charge is 0.370 e. The van der Waals surface area contributed by atoms with Crippen molar-refractivity contribution in [2.24, 2.45) is 5.92 Å². The standard InChI is InChI=1S/C8H16OSi/c10-4-3-6-1-2-7-8(5-6)9-7/h6-8H,1-5H2,10H3. The molecule has 1 saturated carbocycles. The molecule has 1 heterocycles. The van der Waals surface area contributed by atoms with E-state index < -0.39 is 0 Å². The first-order chi connectivity index (χ1) is 4.90. The lowest BCUT2D eigenvalue weighted by molar-refractivity contribution is 0.357. The summed E-state index contributed by atoms with van der Waals surface area (Å²) in [7, 11) is 1.39. The van der Waals surface area contributed by atoms with Gasteiger partial charge in [-0.05, 0) is 25.2 Å². The van der Waals surface area contributed by atoms with Crippen molar-refractivity contribution in [3.8, 4) is 0 Å². The third-order valence-corrected chi connectivity index (χ3v) is 3.39. The van der Waals surface area contributed by atoms with E-state index in [1.54, 1.807) is 0 Å². The van der Waals surface area contributed by atoms with E-state index in [1.165, 1.54) is 42.0 Å². The Balaban J connectivity index is 1.77. The first kappa shape index (κ1) is 6.86. The van der Waals surface area contributed by atoms with Crippen molar-refractivity contribution in [3.05, 3.63) is 0 Å². The number of fused-ring (bicyclic) bond motifs is 1. The van der Waals surface area contributed by atoms with Gasteiger partial charge in [-0.2, -0.15) is 0 Å². The highest BCUT2D eigenvalue weighted by Gasteiger charge is 2.43. The maximum Gasteiger partial charge on any atom is 0.0844 e. The number of hydrogen-bond donors (Lipinski definition) is 0. The smallest absolute Gasteiger partial charge is 0.0844 e. The Morgan fingerprint density at radius 2 is 2.20 bits per heavy atom. The summed E-state index contributed by atoms with van der Waals surface area (Å²) in [5.74, 6) is 1.03. The van der Waals surface area contributed by atoms with Gasteiger partial charge in [0, 0.05) is 10.2 Å². The molecule has 0 N–H and O–H groups in total. The average molecular weight is 156 g/mol. The lowest BCUT2D eigenvalue weighted by Crippen LogP contribution is -2.12. The van der Waals surface area contributed by atoms with Crippen LogP contribution in [0.5, 0.6) is 0 Å². The number of hydrogen-bond acceptors (Lipinski definition) is 1. The van der Waals surface area contributed by atoms with Crippen molar-refractivity contribution in [1.82, 2.24) is 0 Å². The third-order valence-electron chi connectivity index (χ3n) is 2.81.